The molecule has 2 nitrogen and oxygen atoms in total. The zero-order valence-electron chi connectivity index (χ0n) is 24.8. The molecule has 5 heteroatoms. The van der Waals surface area contributed by atoms with Crippen LogP contribution in [0.15, 0.2) is 84.6 Å². The maximum atomic E-state index is 6.38. The van der Waals surface area contributed by atoms with Crippen LogP contribution in [0, 0.1) is 0 Å². The molecule has 0 unspecified atom stereocenters. The van der Waals surface area contributed by atoms with Crippen molar-refractivity contribution in [3.05, 3.63) is 106 Å². The molecule has 0 atom stereocenters. The van der Waals surface area contributed by atoms with Gasteiger partial charge in [-0.25, -0.2) is 0 Å². The van der Waals surface area contributed by atoms with Gasteiger partial charge in [0.25, 0.3) is 0 Å². The van der Waals surface area contributed by atoms with Crippen molar-refractivity contribution >= 4 is 40.3 Å². The Balaban J connectivity index is 0.00000441. The highest BCUT2D eigenvalue weighted by Gasteiger charge is 2.44. The summed E-state index contributed by atoms with van der Waals surface area (Å²) < 4.78 is 2.47. The zero-order chi connectivity index (χ0) is 28.2. The number of unbranched alkanes of at least 4 members (excludes halogenated alkanes) is 2. The van der Waals surface area contributed by atoms with Crippen LogP contribution >= 0.6 is 23.2 Å². The van der Waals surface area contributed by atoms with Crippen LogP contribution in [0.3, 0.4) is 0 Å². The van der Waals surface area contributed by atoms with E-state index in [9.17, 15) is 0 Å². The van der Waals surface area contributed by atoms with Gasteiger partial charge in [-0.05, 0) is 62.2 Å². The van der Waals surface area contributed by atoms with Gasteiger partial charge in [0.1, 0.15) is 6.54 Å². The van der Waals surface area contributed by atoms with Crippen LogP contribution in [0.4, 0.5) is 11.4 Å². The normalized spacial score (nSPS) is 18.4. The third-order valence-electron chi connectivity index (χ3n) is 8.13. The summed E-state index contributed by atoms with van der Waals surface area (Å²) in [5, 5.41) is 1.60. The molecule has 0 fully saturated rings. The number of hydrogen-bond donors (Lipinski definition) is 0. The van der Waals surface area contributed by atoms with Gasteiger partial charge in [0.2, 0.25) is 5.69 Å². The van der Waals surface area contributed by atoms with Crippen molar-refractivity contribution in [1.82, 2.24) is 0 Å². The summed E-state index contributed by atoms with van der Waals surface area (Å²) in [4.78, 5) is 2.47. The molecule has 2 aromatic rings. The molecule has 4 rings (SSSR count). The first-order chi connectivity index (χ1) is 18.6. The molecule has 0 N–H and O–H groups in total. The number of hydrogen-bond acceptors (Lipinski definition) is 1. The molecule has 214 valence electrons. The SMILES string of the molecule is CCCCN1/C(=C/C=C/C=C/C=C/C2=[N+](CCCC)c3ccc(Cl)cc3C2(C)C)C(C)(C)c2cc(Cl)ccc21.[I-]. The fourth-order valence-corrected chi connectivity index (χ4v) is 6.24. The van der Waals surface area contributed by atoms with E-state index in [1.807, 2.05) is 12.1 Å². The highest BCUT2D eigenvalue weighted by Crippen LogP contribution is 2.48. The maximum Gasteiger partial charge on any atom is 0.209 e. The third-order valence-corrected chi connectivity index (χ3v) is 8.60. The smallest absolute Gasteiger partial charge is 0.209 e. The standard InChI is InChI=1S/C35H43Cl2N2.HI/c1-7-9-22-38-30-20-18-26(36)24-28(30)34(3,4)32(38)16-14-12-11-13-15-17-33-35(5,6)29-25-27(37)19-21-31(29)39(33)23-10-8-2;/h11-21,24-25H,7-10,22-23H2,1-6H3;1H/q+1;/p-1. The molecular formula is C35H43Cl2IN2. The molecule has 0 radical (unpaired) electrons. The molecule has 2 aliphatic heterocycles. The average Bonchev–Trinajstić information content (AvgIpc) is 3.23. The van der Waals surface area contributed by atoms with Crippen molar-refractivity contribution in [3.63, 3.8) is 0 Å². The number of rotatable bonds is 10. The van der Waals surface area contributed by atoms with Crippen LogP contribution < -0.4 is 28.9 Å². The van der Waals surface area contributed by atoms with E-state index < -0.39 is 0 Å². The van der Waals surface area contributed by atoms with Crippen LogP contribution in [0.1, 0.15) is 78.4 Å². The van der Waals surface area contributed by atoms with Gasteiger partial charge in [0, 0.05) is 57.5 Å². The minimum Gasteiger partial charge on any atom is -1.00 e. The lowest BCUT2D eigenvalue weighted by molar-refractivity contribution is -0.438. The Morgan fingerprint density at radius 1 is 0.775 bits per heavy atom. The van der Waals surface area contributed by atoms with Crippen molar-refractivity contribution in [1.29, 1.82) is 0 Å². The van der Waals surface area contributed by atoms with Crippen molar-refractivity contribution in [2.45, 2.75) is 78.1 Å². The highest BCUT2D eigenvalue weighted by atomic mass is 127. The zero-order valence-corrected chi connectivity index (χ0v) is 28.4. The molecule has 0 spiro atoms. The van der Waals surface area contributed by atoms with E-state index >= 15 is 0 Å². The average molecular weight is 690 g/mol. The van der Waals surface area contributed by atoms with Crippen molar-refractivity contribution < 1.29 is 28.6 Å². The Kier molecular flexibility index (Phi) is 11.4. The predicted molar refractivity (Wildman–Crippen MR) is 171 cm³/mol. The molecule has 0 aliphatic carbocycles. The molecule has 0 saturated carbocycles. The second-order valence-electron chi connectivity index (χ2n) is 11.6. The second-order valence-corrected chi connectivity index (χ2v) is 12.5. The first-order valence-electron chi connectivity index (χ1n) is 14.4. The van der Waals surface area contributed by atoms with E-state index in [4.69, 9.17) is 23.2 Å². The monoisotopic (exact) mass is 688 g/mol. The van der Waals surface area contributed by atoms with Gasteiger partial charge in [-0.1, -0.05) is 94.1 Å². The number of allylic oxidation sites excluding steroid dienone is 8. The van der Waals surface area contributed by atoms with E-state index in [1.165, 1.54) is 46.8 Å². The van der Waals surface area contributed by atoms with Gasteiger partial charge in [-0.15, -0.1) is 0 Å². The molecule has 0 bridgehead atoms. The van der Waals surface area contributed by atoms with E-state index in [0.29, 0.717) is 0 Å². The summed E-state index contributed by atoms with van der Waals surface area (Å²) in [7, 11) is 0. The first-order valence-corrected chi connectivity index (χ1v) is 15.1. The molecule has 2 aliphatic rings. The van der Waals surface area contributed by atoms with Gasteiger partial charge in [-0.2, -0.15) is 4.58 Å². The van der Waals surface area contributed by atoms with Gasteiger partial charge < -0.3 is 28.9 Å². The lowest BCUT2D eigenvalue weighted by Crippen LogP contribution is -3.00. The summed E-state index contributed by atoms with van der Waals surface area (Å²) in [5.74, 6) is 0. The third kappa shape index (κ3) is 6.63. The Morgan fingerprint density at radius 2 is 1.40 bits per heavy atom. The summed E-state index contributed by atoms with van der Waals surface area (Å²) in [6.07, 6.45) is 19.8. The van der Waals surface area contributed by atoms with Crippen LogP contribution in [0.25, 0.3) is 0 Å². The number of halogens is 3. The van der Waals surface area contributed by atoms with E-state index in [-0.39, 0.29) is 34.8 Å². The summed E-state index contributed by atoms with van der Waals surface area (Å²) in [5.41, 5.74) is 7.62. The fraction of sp³-hybridized carbons (Fsp3) is 0.400. The highest BCUT2D eigenvalue weighted by molar-refractivity contribution is 6.31. The van der Waals surface area contributed by atoms with Crippen LogP contribution in [0.5, 0.6) is 0 Å². The topological polar surface area (TPSA) is 6.25 Å². The molecule has 2 aromatic carbocycles. The van der Waals surface area contributed by atoms with Gasteiger partial charge >= 0.3 is 0 Å². The molecule has 2 heterocycles. The summed E-state index contributed by atoms with van der Waals surface area (Å²) in [6.45, 7) is 15.7. The largest absolute Gasteiger partial charge is 1.00 e. The number of fused-ring (bicyclic) bond motifs is 2. The molecule has 40 heavy (non-hydrogen) atoms. The van der Waals surface area contributed by atoms with E-state index in [2.05, 4.69) is 118 Å². The number of anilines is 1. The quantitative estimate of drug-likeness (QED) is 0.144. The molecule has 0 amide bonds. The summed E-state index contributed by atoms with van der Waals surface area (Å²) >= 11 is 12.8. The minimum absolute atomic E-state index is 0. The number of benzene rings is 2. The molecular weight excluding hydrogens is 646 g/mol. The maximum absolute atomic E-state index is 6.38. The Hall–Kier alpha value is -1.82. The van der Waals surface area contributed by atoms with Crippen molar-refractivity contribution in [2.24, 2.45) is 0 Å². The number of nitrogens with zero attached hydrogens (tertiary/aromatic N) is 2. The van der Waals surface area contributed by atoms with Gasteiger partial charge in [-0.3, -0.25) is 0 Å². The van der Waals surface area contributed by atoms with Crippen molar-refractivity contribution in [2.75, 3.05) is 18.0 Å². The van der Waals surface area contributed by atoms with Gasteiger partial charge in [0.15, 0.2) is 5.71 Å². The summed E-state index contributed by atoms with van der Waals surface area (Å²) in [6, 6.07) is 12.6. The Morgan fingerprint density at radius 3 is 2.10 bits per heavy atom. The second kappa shape index (κ2) is 13.9. The molecule has 0 aromatic heterocycles. The van der Waals surface area contributed by atoms with E-state index in [1.54, 1.807) is 0 Å². The Labute approximate surface area is 269 Å². The van der Waals surface area contributed by atoms with Crippen LogP contribution in [-0.4, -0.2) is 23.4 Å². The minimum atomic E-state index is -0.0908. The van der Waals surface area contributed by atoms with Crippen LogP contribution in [-0.2, 0) is 10.8 Å². The van der Waals surface area contributed by atoms with Gasteiger partial charge in [0.05, 0.1) is 5.41 Å². The Bertz CT molecular complexity index is 1360. The lowest BCUT2D eigenvalue weighted by Gasteiger charge is -2.26. The lowest BCUT2D eigenvalue weighted by atomic mass is 9.81. The predicted octanol–water partition coefficient (Wildman–Crippen LogP) is 7.32. The van der Waals surface area contributed by atoms with Crippen LogP contribution in [0.2, 0.25) is 10.0 Å². The molecule has 0 saturated heterocycles. The van der Waals surface area contributed by atoms with Crippen molar-refractivity contribution in [3.8, 4) is 0 Å². The van der Waals surface area contributed by atoms with E-state index in [0.717, 1.165) is 36.0 Å². The fourth-order valence-electron chi connectivity index (χ4n) is 5.90. The first kappa shape index (κ1) is 32.7.